The van der Waals surface area contributed by atoms with Crippen molar-refractivity contribution in [1.29, 1.82) is 0 Å². The van der Waals surface area contributed by atoms with Crippen molar-refractivity contribution in [2.75, 3.05) is 13.1 Å². The summed E-state index contributed by atoms with van der Waals surface area (Å²) in [5.74, 6) is 0.612. The summed E-state index contributed by atoms with van der Waals surface area (Å²) in [4.78, 5) is 12.8. The van der Waals surface area contributed by atoms with Gasteiger partial charge >= 0.3 is 0 Å². The predicted molar refractivity (Wildman–Crippen MR) is 85.8 cm³/mol. The Hall–Kier alpha value is -2.28. The van der Waals surface area contributed by atoms with Crippen LogP contribution in [0.25, 0.3) is 0 Å². The Kier molecular flexibility index (Phi) is 4.97. The van der Waals surface area contributed by atoms with Crippen LogP contribution in [-0.4, -0.2) is 45.2 Å². The SMILES string of the molecule is Cc1nnnn1C(Cc1ccccc1)C(=O)NC1CCCNC1. The first-order valence-corrected chi connectivity index (χ1v) is 8.03. The van der Waals surface area contributed by atoms with Gasteiger partial charge in [0.1, 0.15) is 11.9 Å². The number of nitrogens with zero attached hydrogens (tertiary/aromatic N) is 4. The van der Waals surface area contributed by atoms with Crippen molar-refractivity contribution in [2.45, 2.75) is 38.3 Å². The van der Waals surface area contributed by atoms with E-state index in [0.717, 1.165) is 31.5 Å². The molecule has 1 fully saturated rings. The standard InChI is InChI=1S/C16H22N6O/c1-12-19-20-21-22(12)15(10-13-6-3-2-4-7-13)16(23)18-14-8-5-9-17-11-14/h2-4,6-7,14-15,17H,5,8-11H2,1H3,(H,18,23). The van der Waals surface area contributed by atoms with Gasteiger partial charge in [0.05, 0.1) is 0 Å². The largest absolute Gasteiger partial charge is 0.350 e. The average molecular weight is 314 g/mol. The Bertz CT molecular complexity index is 635. The normalized spacial score (nSPS) is 19.3. The zero-order valence-corrected chi connectivity index (χ0v) is 13.3. The van der Waals surface area contributed by atoms with E-state index in [4.69, 9.17) is 0 Å². The lowest BCUT2D eigenvalue weighted by molar-refractivity contribution is -0.125. The van der Waals surface area contributed by atoms with Crippen LogP contribution in [0.15, 0.2) is 30.3 Å². The lowest BCUT2D eigenvalue weighted by atomic mass is 10.0. The van der Waals surface area contributed by atoms with Gasteiger partial charge in [0.15, 0.2) is 0 Å². The molecular weight excluding hydrogens is 292 g/mol. The second-order valence-electron chi connectivity index (χ2n) is 5.93. The highest BCUT2D eigenvalue weighted by molar-refractivity contribution is 5.80. The van der Waals surface area contributed by atoms with E-state index in [1.807, 2.05) is 37.3 Å². The Morgan fingerprint density at radius 1 is 1.43 bits per heavy atom. The van der Waals surface area contributed by atoms with Gasteiger partial charge in [0.25, 0.3) is 0 Å². The summed E-state index contributed by atoms with van der Waals surface area (Å²) in [5, 5.41) is 18.1. The van der Waals surface area contributed by atoms with Gasteiger partial charge in [-0.05, 0) is 42.3 Å². The number of aromatic nitrogens is 4. The molecule has 1 aromatic carbocycles. The number of rotatable bonds is 5. The molecule has 0 saturated carbocycles. The summed E-state index contributed by atoms with van der Waals surface area (Å²) in [6, 6.07) is 9.68. The molecule has 0 aliphatic carbocycles. The molecule has 1 saturated heterocycles. The first-order chi connectivity index (χ1) is 11.2. The van der Waals surface area contributed by atoms with Crippen molar-refractivity contribution < 1.29 is 4.79 Å². The maximum atomic E-state index is 12.8. The van der Waals surface area contributed by atoms with E-state index in [1.165, 1.54) is 0 Å². The van der Waals surface area contributed by atoms with Gasteiger partial charge in [-0.1, -0.05) is 30.3 Å². The molecule has 0 radical (unpaired) electrons. The quantitative estimate of drug-likeness (QED) is 0.846. The van der Waals surface area contributed by atoms with Crippen molar-refractivity contribution in [3.05, 3.63) is 41.7 Å². The third-order valence-corrected chi connectivity index (χ3v) is 4.17. The van der Waals surface area contributed by atoms with Crippen molar-refractivity contribution in [1.82, 2.24) is 30.8 Å². The molecule has 0 bridgehead atoms. The van der Waals surface area contributed by atoms with Crippen LogP contribution in [0.4, 0.5) is 0 Å². The highest BCUT2D eigenvalue weighted by Gasteiger charge is 2.26. The molecule has 0 spiro atoms. The Morgan fingerprint density at radius 2 is 2.26 bits per heavy atom. The zero-order valence-electron chi connectivity index (χ0n) is 13.3. The number of carbonyl (C=O) groups excluding carboxylic acids is 1. The highest BCUT2D eigenvalue weighted by atomic mass is 16.2. The first-order valence-electron chi connectivity index (χ1n) is 8.03. The summed E-state index contributed by atoms with van der Waals surface area (Å²) in [7, 11) is 0. The summed E-state index contributed by atoms with van der Waals surface area (Å²) in [6.45, 7) is 3.65. The molecule has 2 N–H and O–H groups in total. The fraction of sp³-hybridized carbons (Fsp3) is 0.500. The van der Waals surface area contributed by atoms with E-state index in [-0.39, 0.29) is 11.9 Å². The predicted octanol–water partition coefficient (Wildman–Crippen LogP) is 0.634. The maximum Gasteiger partial charge on any atom is 0.245 e. The third-order valence-electron chi connectivity index (χ3n) is 4.17. The minimum atomic E-state index is -0.436. The molecule has 1 amide bonds. The molecule has 122 valence electrons. The van der Waals surface area contributed by atoms with Crippen LogP contribution in [0.3, 0.4) is 0 Å². The fourth-order valence-corrected chi connectivity index (χ4v) is 2.93. The smallest absolute Gasteiger partial charge is 0.245 e. The van der Waals surface area contributed by atoms with E-state index < -0.39 is 6.04 Å². The van der Waals surface area contributed by atoms with Gasteiger partial charge in [0, 0.05) is 19.0 Å². The van der Waals surface area contributed by atoms with Gasteiger partial charge in [-0.15, -0.1) is 5.10 Å². The number of amides is 1. The molecule has 2 unspecified atom stereocenters. The van der Waals surface area contributed by atoms with E-state index in [0.29, 0.717) is 12.2 Å². The molecule has 7 heteroatoms. The lowest BCUT2D eigenvalue weighted by Gasteiger charge is -2.26. The van der Waals surface area contributed by atoms with Gasteiger partial charge < -0.3 is 10.6 Å². The minimum Gasteiger partial charge on any atom is -0.350 e. The maximum absolute atomic E-state index is 12.8. The summed E-state index contributed by atoms with van der Waals surface area (Å²) in [6.07, 6.45) is 2.66. The number of nitrogens with one attached hydrogen (secondary N) is 2. The van der Waals surface area contributed by atoms with Crippen molar-refractivity contribution in [3.63, 3.8) is 0 Å². The molecule has 1 aromatic heterocycles. The molecule has 1 aliphatic rings. The summed E-state index contributed by atoms with van der Waals surface area (Å²) in [5.41, 5.74) is 1.09. The summed E-state index contributed by atoms with van der Waals surface area (Å²) >= 11 is 0. The van der Waals surface area contributed by atoms with Crippen molar-refractivity contribution in [2.24, 2.45) is 0 Å². The van der Waals surface area contributed by atoms with E-state index >= 15 is 0 Å². The van der Waals surface area contributed by atoms with Crippen LogP contribution in [0.2, 0.25) is 0 Å². The first kappa shape index (κ1) is 15.6. The number of carbonyl (C=O) groups is 1. The Morgan fingerprint density at radius 3 is 2.91 bits per heavy atom. The number of tetrazole rings is 1. The molecule has 2 heterocycles. The van der Waals surface area contributed by atoms with Crippen LogP contribution < -0.4 is 10.6 Å². The summed E-state index contributed by atoms with van der Waals surface area (Å²) < 4.78 is 1.61. The number of hydrogen-bond acceptors (Lipinski definition) is 5. The molecule has 3 rings (SSSR count). The van der Waals surface area contributed by atoms with Crippen LogP contribution in [-0.2, 0) is 11.2 Å². The van der Waals surface area contributed by atoms with Crippen LogP contribution in [0.5, 0.6) is 0 Å². The van der Waals surface area contributed by atoms with E-state index in [2.05, 4.69) is 26.2 Å². The number of hydrogen-bond donors (Lipinski definition) is 2. The molecule has 23 heavy (non-hydrogen) atoms. The molecule has 1 aliphatic heterocycles. The average Bonchev–Trinajstić information content (AvgIpc) is 3.00. The van der Waals surface area contributed by atoms with Crippen LogP contribution in [0, 0.1) is 6.92 Å². The van der Waals surface area contributed by atoms with E-state index in [1.54, 1.807) is 4.68 Å². The van der Waals surface area contributed by atoms with Gasteiger partial charge in [-0.3, -0.25) is 4.79 Å². The van der Waals surface area contributed by atoms with Gasteiger partial charge in [0.2, 0.25) is 5.91 Å². The molecule has 2 atom stereocenters. The van der Waals surface area contributed by atoms with E-state index in [9.17, 15) is 4.79 Å². The number of benzene rings is 1. The zero-order chi connectivity index (χ0) is 16.1. The second-order valence-corrected chi connectivity index (χ2v) is 5.93. The van der Waals surface area contributed by atoms with Gasteiger partial charge in [-0.2, -0.15) is 0 Å². The molecule has 2 aromatic rings. The van der Waals surface area contributed by atoms with Crippen LogP contribution in [0.1, 0.15) is 30.3 Å². The van der Waals surface area contributed by atoms with Crippen LogP contribution >= 0.6 is 0 Å². The Labute approximate surface area is 135 Å². The fourth-order valence-electron chi connectivity index (χ4n) is 2.93. The topological polar surface area (TPSA) is 84.7 Å². The second kappa shape index (κ2) is 7.32. The van der Waals surface area contributed by atoms with Crippen molar-refractivity contribution >= 4 is 5.91 Å². The molecule has 7 nitrogen and oxygen atoms in total. The Balaban J connectivity index is 1.77. The lowest BCUT2D eigenvalue weighted by Crippen LogP contribution is -2.48. The number of piperidine rings is 1. The third kappa shape index (κ3) is 3.92. The highest BCUT2D eigenvalue weighted by Crippen LogP contribution is 2.16. The van der Waals surface area contributed by atoms with Gasteiger partial charge in [-0.25, -0.2) is 4.68 Å². The van der Waals surface area contributed by atoms with Crippen molar-refractivity contribution in [3.8, 4) is 0 Å². The monoisotopic (exact) mass is 314 g/mol. The minimum absolute atomic E-state index is 0.0297. The number of aryl methyl sites for hydroxylation is 1. The molecular formula is C16H22N6O.